The SMILES string of the molecule is CC1=C[C@H]2c3cccn3C(=O)[C@H]2CC1OS(C)(=O)=O. The third-order valence-electron chi connectivity index (χ3n) is 3.82. The molecule has 0 saturated heterocycles. The van der Waals surface area contributed by atoms with Gasteiger partial charge in [-0.1, -0.05) is 6.08 Å². The lowest BCUT2D eigenvalue weighted by Crippen LogP contribution is -2.30. The second-order valence-electron chi connectivity index (χ2n) is 5.21. The van der Waals surface area contributed by atoms with E-state index in [4.69, 9.17) is 4.18 Å². The molecule has 0 radical (unpaired) electrons. The Balaban J connectivity index is 1.95. The van der Waals surface area contributed by atoms with Gasteiger partial charge in [-0.25, -0.2) is 0 Å². The first-order chi connectivity index (χ1) is 8.87. The van der Waals surface area contributed by atoms with Gasteiger partial charge in [0, 0.05) is 17.8 Å². The Morgan fingerprint density at radius 2 is 2.16 bits per heavy atom. The molecule has 0 N–H and O–H groups in total. The van der Waals surface area contributed by atoms with Crippen molar-refractivity contribution in [3.63, 3.8) is 0 Å². The van der Waals surface area contributed by atoms with Crippen molar-refractivity contribution in [2.45, 2.75) is 25.4 Å². The summed E-state index contributed by atoms with van der Waals surface area (Å²) in [5.74, 6) is -0.149. The Bertz CT molecular complexity index is 671. The fourth-order valence-corrected chi connectivity index (χ4v) is 3.64. The number of fused-ring (bicyclic) bond motifs is 3. The molecule has 2 aliphatic rings. The predicted molar refractivity (Wildman–Crippen MR) is 69.4 cm³/mol. The largest absolute Gasteiger partial charge is 0.291 e. The third kappa shape index (κ3) is 2.04. The van der Waals surface area contributed by atoms with Crippen LogP contribution in [0, 0.1) is 5.92 Å². The van der Waals surface area contributed by atoms with Crippen LogP contribution in [0.25, 0.3) is 0 Å². The number of aromatic nitrogens is 1. The molecule has 0 bridgehead atoms. The van der Waals surface area contributed by atoms with Crippen LogP contribution in [0.1, 0.15) is 29.8 Å². The Hall–Kier alpha value is -1.40. The van der Waals surface area contributed by atoms with Crippen molar-refractivity contribution in [2.75, 3.05) is 6.26 Å². The molecule has 2 heterocycles. The van der Waals surface area contributed by atoms with Gasteiger partial charge in [0.1, 0.15) is 0 Å². The summed E-state index contributed by atoms with van der Waals surface area (Å²) in [6.45, 7) is 1.85. The molecule has 3 rings (SSSR count). The van der Waals surface area contributed by atoms with Crippen LogP contribution in [0.3, 0.4) is 0 Å². The number of hydrogen-bond acceptors (Lipinski definition) is 4. The van der Waals surface area contributed by atoms with E-state index >= 15 is 0 Å². The highest BCUT2D eigenvalue weighted by molar-refractivity contribution is 7.86. The number of allylic oxidation sites excluding steroid dienone is 1. The van der Waals surface area contributed by atoms with E-state index < -0.39 is 16.2 Å². The van der Waals surface area contributed by atoms with Crippen molar-refractivity contribution in [3.8, 4) is 0 Å². The van der Waals surface area contributed by atoms with Crippen molar-refractivity contribution in [3.05, 3.63) is 35.7 Å². The van der Waals surface area contributed by atoms with Crippen LogP contribution in [-0.4, -0.2) is 31.3 Å². The van der Waals surface area contributed by atoms with Gasteiger partial charge in [-0.05, 0) is 31.1 Å². The van der Waals surface area contributed by atoms with E-state index in [1.165, 1.54) is 0 Å². The van der Waals surface area contributed by atoms with Gasteiger partial charge in [-0.15, -0.1) is 0 Å². The lowest BCUT2D eigenvalue weighted by molar-refractivity contribution is 0.0811. The fourth-order valence-electron chi connectivity index (χ4n) is 2.99. The van der Waals surface area contributed by atoms with Crippen molar-refractivity contribution >= 4 is 16.0 Å². The molecule has 0 amide bonds. The second-order valence-corrected chi connectivity index (χ2v) is 6.81. The minimum atomic E-state index is -3.52. The normalized spacial score (nSPS) is 29.9. The van der Waals surface area contributed by atoms with Crippen molar-refractivity contribution < 1.29 is 17.4 Å². The zero-order valence-corrected chi connectivity index (χ0v) is 11.6. The molecule has 19 heavy (non-hydrogen) atoms. The molecule has 1 aliphatic heterocycles. The monoisotopic (exact) mass is 281 g/mol. The van der Waals surface area contributed by atoms with Crippen LogP contribution in [-0.2, 0) is 14.3 Å². The van der Waals surface area contributed by atoms with E-state index in [0.717, 1.165) is 17.5 Å². The van der Waals surface area contributed by atoms with Crippen LogP contribution in [0.15, 0.2) is 30.0 Å². The molecule has 0 fully saturated rings. The van der Waals surface area contributed by atoms with Crippen molar-refractivity contribution in [2.24, 2.45) is 5.92 Å². The van der Waals surface area contributed by atoms with Gasteiger partial charge in [0.2, 0.25) is 5.91 Å². The molecule has 0 aromatic carbocycles. The van der Waals surface area contributed by atoms with Crippen LogP contribution in [0.5, 0.6) is 0 Å². The highest BCUT2D eigenvalue weighted by atomic mass is 32.2. The van der Waals surface area contributed by atoms with Gasteiger partial charge >= 0.3 is 0 Å². The van der Waals surface area contributed by atoms with E-state index in [-0.39, 0.29) is 17.7 Å². The van der Waals surface area contributed by atoms with E-state index in [0.29, 0.717) is 6.42 Å². The van der Waals surface area contributed by atoms with Gasteiger partial charge in [0.25, 0.3) is 10.1 Å². The summed E-state index contributed by atoms with van der Waals surface area (Å²) < 4.78 is 29.2. The van der Waals surface area contributed by atoms with E-state index in [9.17, 15) is 13.2 Å². The van der Waals surface area contributed by atoms with Crippen LogP contribution in [0.2, 0.25) is 0 Å². The van der Waals surface area contributed by atoms with Crippen LogP contribution in [0.4, 0.5) is 0 Å². The summed E-state index contributed by atoms with van der Waals surface area (Å²) in [5.41, 5.74) is 1.85. The summed E-state index contributed by atoms with van der Waals surface area (Å²) >= 11 is 0. The first-order valence-corrected chi connectivity index (χ1v) is 7.96. The minimum Gasteiger partial charge on any atom is -0.291 e. The Morgan fingerprint density at radius 1 is 1.42 bits per heavy atom. The lowest BCUT2D eigenvalue weighted by Gasteiger charge is -2.28. The molecule has 6 heteroatoms. The van der Waals surface area contributed by atoms with Gasteiger partial charge in [-0.3, -0.25) is 13.5 Å². The summed E-state index contributed by atoms with van der Waals surface area (Å²) in [6, 6.07) is 3.79. The molecule has 0 saturated carbocycles. The summed E-state index contributed by atoms with van der Waals surface area (Å²) in [5, 5.41) is 0. The molecule has 3 atom stereocenters. The summed E-state index contributed by atoms with van der Waals surface area (Å²) in [4.78, 5) is 12.2. The molecule has 1 aliphatic carbocycles. The zero-order chi connectivity index (χ0) is 13.8. The highest BCUT2D eigenvalue weighted by Gasteiger charge is 2.43. The molecular weight excluding hydrogens is 266 g/mol. The topological polar surface area (TPSA) is 65.4 Å². The van der Waals surface area contributed by atoms with Crippen molar-refractivity contribution in [1.29, 1.82) is 0 Å². The van der Waals surface area contributed by atoms with Gasteiger partial charge in [-0.2, -0.15) is 8.42 Å². The Morgan fingerprint density at radius 3 is 2.84 bits per heavy atom. The van der Waals surface area contributed by atoms with E-state index in [1.807, 2.05) is 25.1 Å². The van der Waals surface area contributed by atoms with Crippen LogP contribution < -0.4 is 0 Å². The third-order valence-corrected chi connectivity index (χ3v) is 4.40. The molecular formula is C13H15NO4S. The molecule has 0 spiro atoms. The number of nitrogens with zero attached hydrogens (tertiary/aromatic N) is 1. The maximum atomic E-state index is 12.2. The fraction of sp³-hybridized carbons (Fsp3) is 0.462. The van der Waals surface area contributed by atoms with E-state index in [1.54, 1.807) is 10.8 Å². The van der Waals surface area contributed by atoms with Crippen LogP contribution >= 0.6 is 0 Å². The second kappa shape index (κ2) is 4.05. The quantitative estimate of drug-likeness (QED) is 0.609. The Kier molecular flexibility index (Phi) is 2.69. The number of carbonyl (C=O) groups excluding carboxylic acids is 1. The lowest BCUT2D eigenvalue weighted by atomic mass is 9.80. The highest BCUT2D eigenvalue weighted by Crippen LogP contribution is 2.43. The zero-order valence-electron chi connectivity index (χ0n) is 10.7. The van der Waals surface area contributed by atoms with E-state index in [2.05, 4.69) is 0 Å². The molecule has 1 unspecified atom stereocenters. The predicted octanol–water partition coefficient (Wildman–Crippen LogP) is 1.54. The smallest absolute Gasteiger partial charge is 0.264 e. The maximum Gasteiger partial charge on any atom is 0.264 e. The standard InChI is InChI=1S/C13H15NO4S/c1-8-6-9-10(7-12(8)18-19(2,16)17)13(15)14-5-3-4-11(9)14/h3-6,9-10,12H,7H2,1-2H3/t9-,10+,12?/m1/s1. The first-order valence-electron chi connectivity index (χ1n) is 6.15. The maximum absolute atomic E-state index is 12.2. The number of carbonyl (C=O) groups is 1. The van der Waals surface area contributed by atoms with Gasteiger partial charge < -0.3 is 0 Å². The summed E-state index contributed by atoms with van der Waals surface area (Å²) in [6.07, 6.45) is 4.64. The molecule has 1 aromatic heterocycles. The minimum absolute atomic E-state index is 0.0239. The average molecular weight is 281 g/mol. The number of hydrogen-bond donors (Lipinski definition) is 0. The average Bonchev–Trinajstić information content (AvgIpc) is 2.84. The van der Waals surface area contributed by atoms with Gasteiger partial charge in [0.15, 0.2) is 0 Å². The Labute approximate surface area is 112 Å². The molecule has 1 aromatic rings. The molecule has 102 valence electrons. The summed E-state index contributed by atoms with van der Waals surface area (Å²) in [7, 11) is -3.52. The van der Waals surface area contributed by atoms with Crippen molar-refractivity contribution in [1.82, 2.24) is 4.57 Å². The molecule has 5 nitrogen and oxygen atoms in total. The van der Waals surface area contributed by atoms with Gasteiger partial charge in [0.05, 0.1) is 18.3 Å². The number of rotatable bonds is 2. The first kappa shape index (κ1) is 12.6.